The third-order valence-corrected chi connectivity index (χ3v) is 7.15. The Bertz CT molecular complexity index is 1110. The molecule has 38 heavy (non-hydrogen) atoms. The molecule has 204 valence electrons. The van der Waals surface area contributed by atoms with Gasteiger partial charge in [0, 0.05) is 11.8 Å². The highest BCUT2D eigenvalue weighted by atomic mass is 19.1. The minimum atomic E-state index is -1.98. The second-order valence-corrected chi connectivity index (χ2v) is 10.5. The average molecular weight is 518 g/mol. The van der Waals surface area contributed by atoms with Gasteiger partial charge in [-0.15, -0.1) is 0 Å². The van der Waals surface area contributed by atoms with Crippen LogP contribution in [0.15, 0.2) is 66.9 Å². The molecule has 1 atom stereocenters. The van der Waals surface area contributed by atoms with Gasteiger partial charge in [-0.25, -0.2) is 9.18 Å². The first kappa shape index (κ1) is 29.5. The normalized spacial score (nSPS) is 12.7. The number of pyridine rings is 1. The molecule has 0 bridgehead atoms. The van der Waals surface area contributed by atoms with Gasteiger partial charge >= 0.3 is 5.97 Å². The molecule has 0 saturated carbocycles. The Morgan fingerprint density at radius 3 is 2.08 bits per heavy atom. The van der Waals surface area contributed by atoms with E-state index in [2.05, 4.69) is 38.1 Å². The number of unbranched alkanes of at least 4 members (excludes halogenated alkanes) is 8. The first-order chi connectivity index (χ1) is 18.4. The van der Waals surface area contributed by atoms with Crippen molar-refractivity contribution in [3.05, 3.63) is 72.4 Å². The van der Waals surface area contributed by atoms with Gasteiger partial charge in [0.2, 0.25) is 5.67 Å². The maximum Gasteiger partial charge on any atom is 0.348 e. The molecule has 0 N–H and O–H groups in total. The topological polar surface area (TPSA) is 39.2 Å². The summed E-state index contributed by atoms with van der Waals surface area (Å²) in [6.45, 7) is 5.74. The zero-order valence-electron chi connectivity index (χ0n) is 23.5. The van der Waals surface area contributed by atoms with Gasteiger partial charge in [-0.2, -0.15) is 0 Å². The lowest BCUT2D eigenvalue weighted by Gasteiger charge is -2.18. The van der Waals surface area contributed by atoms with E-state index in [-0.39, 0.29) is 6.42 Å². The van der Waals surface area contributed by atoms with Crippen molar-refractivity contribution in [1.82, 2.24) is 4.98 Å². The fraction of sp³-hybridized carbons (Fsp3) is 0.471. The zero-order chi connectivity index (χ0) is 27.2. The number of aryl methyl sites for hydroxylation is 1. The van der Waals surface area contributed by atoms with E-state index in [4.69, 9.17) is 9.72 Å². The molecular formula is C34H44FNO2. The van der Waals surface area contributed by atoms with E-state index in [1.54, 1.807) is 12.1 Å². The third-order valence-electron chi connectivity index (χ3n) is 7.15. The van der Waals surface area contributed by atoms with E-state index in [0.717, 1.165) is 41.6 Å². The van der Waals surface area contributed by atoms with E-state index in [1.165, 1.54) is 57.4 Å². The molecule has 1 unspecified atom stereocenters. The summed E-state index contributed by atoms with van der Waals surface area (Å²) in [5.41, 5.74) is 3.28. The third kappa shape index (κ3) is 9.08. The average Bonchev–Trinajstić information content (AvgIpc) is 2.93. The number of rotatable bonds is 16. The molecule has 0 fully saturated rings. The largest absolute Gasteiger partial charge is 0.424 e. The van der Waals surface area contributed by atoms with Crippen LogP contribution in [0, 0.1) is 0 Å². The lowest BCUT2D eigenvalue weighted by atomic mass is 9.97. The first-order valence-electron chi connectivity index (χ1n) is 14.5. The number of carbonyl (C=O) groups excluding carboxylic acids is 1. The quantitative estimate of drug-likeness (QED) is 0.108. The van der Waals surface area contributed by atoms with E-state index < -0.39 is 11.6 Å². The van der Waals surface area contributed by atoms with Crippen LogP contribution in [0.2, 0.25) is 0 Å². The van der Waals surface area contributed by atoms with Crippen LogP contribution in [0.4, 0.5) is 4.39 Å². The van der Waals surface area contributed by atoms with Crippen molar-refractivity contribution in [1.29, 1.82) is 0 Å². The summed E-state index contributed by atoms with van der Waals surface area (Å²) in [7, 11) is 0. The van der Waals surface area contributed by atoms with Gasteiger partial charge in [0.05, 0.1) is 5.69 Å². The summed E-state index contributed by atoms with van der Waals surface area (Å²) in [6.07, 6.45) is 14.5. The van der Waals surface area contributed by atoms with Crippen molar-refractivity contribution in [2.45, 2.75) is 103 Å². The molecule has 0 spiro atoms. The predicted molar refractivity (Wildman–Crippen MR) is 156 cm³/mol. The summed E-state index contributed by atoms with van der Waals surface area (Å²) < 4.78 is 20.4. The predicted octanol–water partition coefficient (Wildman–Crippen LogP) is 9.92. The van der Waals surface area contributed by atoms with Crippen molar-refractivity contribution in [2.75, 3.05) is 0 Å². The number of ether oxygens (including phenoxy) is 1. The summed E-state index contributed by atoms with van der Waals surface area (Å²) in [5, 5.41) is 0. The molecule has 1 aromatic heterocycles. The molecule has 0 amide bonds. The van der Waals surface area contributed by atoms with Gasteiger partial charge in [0.1, 0.15) is 5.75 Å². The molecule has 2 aromatic carbocycles. The molecule has 3 aromatic rings. The molecule has 1 heterocycles. The number of hydrogen-bond acceptors (Lipinski definition) is 3. The van der Waals surface area contributed by atoms with Crippen LogP contribution < -0.4 is 4.74 Å². The molecular weight excluding hydrogens is 473 g/mol. The number of hydrogen-bond donors (Lipinski definition) is 0. The van der Waals surface area contributed by atoms with Gasteiger partial charge in [0.25, 0.3) is 0 Å². The molecule has 4 heteroatoms. The highest BCUT2D eigenvalue weighted by molar-refractivity contribution is 5.83. The zero-order valence-corrected chi connectivity index (χ0v) is 23.5. The standard InChI is InChI=1S/C34H44FNO2/c1-4-6-8-9-10-11-15-25-34(3,35)33(37)38-29-22-20-28(21-23-29)30-17-13-14-18-31(30)32-24-19-27(26-36-32)16-12-7-5-2/h13-14,17-24,26H,4-12,15-16,25H2,1-3H3. The first-order valence-corrected chi connectivity index (χ1v) is 14.5. The van der Waals surface area contributed by atoms with E-state index in [0.29, 0.717) is 12.2 Å². The smallest absolute Gasteiger partial charge is 0.348 e. The van der Waals surface area contributed by atoms with Crippen LogP contribution in [-0.4, -0.2) is 16.6 Å². The van der Waals surface area contributed by atoms with Crippen LogP contribution in [0.1, 0.15) is 97.0 Å². The highest BCUT2D eigenvalue weighted by Crippen LogP contribution is 2.32. The minimum absolute atomic E-state index is 0.190. The molecule has 0 saturated heterocycles. The van der Waals surface area contributed by atoms with Crippen molar-refractivity contribution in [3.63, 3.8) is 0 Å². The summed E-state index contributed by atoms with van der Waals surface area (Å²) in [4.78, 5) is 17.3. The lowest BCUT2D eigenvalue weighted by Crippen LogP contribution is -2.34. The van der Waals surface area contributed by atoms with Crippen molar-refractivity contribution < 1.29 is 13.9 Å². The highest BCUT2D eigenvalue weighted by Gasteiger charge is 2.34. The second kappa shape index (κ2) is 15.4. The maximum absolute atomic E-state index is 15.0. The van der Waals surface area contributed by atoms with Gasteiger partial charge in [-0.3, -0.25) is 4.98 Å². The number of aromatic nitrogens is 1. The summed E-state index contributed by atoms with van der Waals surface area (Å²) in [6, 6.07) is 19.7. The minimum Gasteiger partial charge on any atom is -0.424 e. The Morgan fingerprint density at radius 1 is 0.789 bits per heavy atom. The monoisotopic (exact) mass is 517 g/mol. The number of alkyl halides is 1. The van der Waals surface area contributed by atoms with E-state index >= 15 is 4.39 Å². The van der Waals surface area contributed by atoms with Crippen molar-refractivity contribution in [3.8, 4) is 28.1 Å². The van der Waals surface area contributed by atoms with Crippen LogP contribution in [0.5, 0.6) is 5.75 Å². The number of carbonyl (C=O) groups is 1. The van der Waals surface area contributed by atoms with Crippen LogP contribution in [0.25, 0.3) is 22.4 Å². The molecule has 3 rings (SSSR count). The Hall–Kier alpha value is -3.01. The van der Waals surface area contributed by atoms with Crippen LogP contribution in [0.3, 0.4) is 0 Å². The van der Waals surface area contributed by atoms with Gasteiger partial charge in [-0.1, -0.05) is 108 Å². The number of halogens is 1. The SMILES string of the molecule is CCCCCCCCCC(C)(F)C(=O)Oc1ccc(-c2ccccc2-c2ccc(CCCCC)cn2)cc1. The number of nitrogens with zero attached hydrogens (tertiary/aromatic N) is 1. The molecule has 0 radical (unpaired) electrons. The Balaban J connectivity index is 1.60. The number of benzene rings is 2. The Kier molecular flexibility index (Phi) is 12.0. The van der Waals surface area contributed by atoms with Crippen molar-refractivity contribution in [2.24, 2.45) is 0 Å². The van der Waals surface area contributed by atoms with E-state index in [1.807, 2.05) is 30.5 Å². The maximum atomic E-state index is 15.0. The van der Waals surface area contributed by atoms with Crippen LogP contribution in [-0.2, 0) is 11.2 Å². The lowest BCUT2D eigenvalue weighted by molar-refractivity contribution is -0.147. The molecule has 0 aliphatic carbocycles. The molecule has 0 aliphatic rings. The Morgan fingerprint density at radius 2 is 1.42 bits per heavy atom. The summed E-state index contributed by atoms with van der Waals surface area (Å²) in [5.74, 6) is -0.464. The van der Waals surface area contributed by atoms with Crippen molar-refractivity contribution >= 4 is 5.97 Å². The van der Waals surface area contributed by atoms with Gasteiger partial charge < -0.3 is 4.74 Å². The second-order valence-electron chi connectivity index (χ2n) is 10.5. The number of esters is 1. The summed E-state index contributed by atoms with van der Waals surface area (Å²) >= 11 is 0. The fourth-order valence-corrected chi connectivity index (χ4v) is 4.70. The molecule has 3 nitrogen and oxygen atoms in total. The van der Waals surface area contributed by atoms with Gasteiger partial charge in [0.15, 0.2) is 0 Å². The molecule has 0 aliphatic heterocycles. The van der Waals surface area contributed by atoms with Crippen LogP contribution >= 0.6 is 0 Å². The van der Waals surface area contributed by atoms with Gasteiger partial charge in [-0.05, 0) is 67.5 Å². The van der Waals surface area contributed by atoms with E-state index in [9.17, 15) is 4.79 Å². The Labute approximate surface area is 228 Å². The fourth-order valence-electron chi connectivity index (χ4n) is 4.70.